The summed E-state index contributed by atoms with van der Waals surface area (Å²) in [4.78, 5) is 24.2. The number of carbonyl (C=O) groups excluding carboxylic acids is 2. The second-order valence-corrected chi connectivity index (χ2v) is 7.24. The number of halogens is 1. The zero-order valence-corrected chi connectivity index (χ0v) is 14.4. The average Bonchev–Trinajstić information content (AvgIpc) is 2.32. The van der Waals surface area contributed by atoms with Crippen LogP contribution in [-0.4, -0.2) is 35.9 Å². The highest BCUT2D eigenvalue weighted by Crippen LogP contribution is 2.20. The molecule has 20 heavy (non-hydrogen) atoms. The number of nitrogens with one attached hydrogen (secondary N) is 1. The number of benzene rings is 1. The van der Waals surface area contributed by atoms with E-state index in [1.165, 1.54) is 0 Å². The molecular formula is C14H18BrNO3S. The number of amides is 1. The summed E-state index contributed by atoms with van der Waals surface area (Å²) in [5, 5.41) is 2.77. The molecule has 0 bridgehead atoms. The van der Waals surface area contributed by atoms with Crippen molar-refractivity contribution in [3.63, 3.8) is 0 Å². The Hall–Kier alpha value is -1.14. The summed E-state index contributed by atoms with van der Waals surface area (Å²) in [6, 6.07) is 5.53. The lowest BCUT2D eigenvalue weighted by Crippen LogP contribution is -2.31. The molecule has 6 heteroatoms. The first-order chi connectivity index (χ1) is 9.36. The summed E-state index contributed by atoms with van der Waals surface area (Å²) < 4.78 is 5.87. The maximum absolute atomic E-state index is 12.3. The van der Waals surface area contributed by atoms with Gasteiger partial charge in [-0.15, -0.1) is 0 Å². The highest BCUT2D eigenvalue weighted by Gasteiger charge is 2.21. The van der Waals surface area contributed by atoms with Gasteiger partial charge in [-0.1, -0.05) is 15.9 Å². The lowest BCUT2D eigenvalue weighted by Gasteiger charge is -2.12. The Morgan fingerprint density at radius 2 is 2.00 bits per heavy atom. The Kier molecular flexibility index (Phi) is 6.42. The van der Waals surface area contributed by atoms with Crippen LogP contribution in [0.4, 0.5) is 5.69 Å². The van der Waals surface area contributed by atoms with Crippen LogP contribution in [0.15, 0.2) is 22.7 Å². The molecule has 1 N–H and O–H groups in total. The minimum absolute atomic E-state index is 0.161. The highest BCUT2D eigenvalue weighted by atomic mass is 79.9. The molecule has 0 aliphatic carbocycles. The molecule has 0 aliphatic rings. The SMILES string of the molecule is CCOC(=O)C(C(=O)Nc1ccc(Br)cc1C)=S(C)C. The third-order valence-electron chi connectivity index (χ3n) is 2.51. The van der Waals surface area contributed by atoms with Gasteiger partial charge in [-0.05, 0) is 50.1 Å². The Morgan fingerprint density at radius 1 is 1.35 bits per heavy atom. The molecular weight excluding hydrogens is 342 g/mol. The van der Waals surface area contributed by atoms with Crippen LogP contribution in [-0.2, 0) is 14.3 Å². The van der Waals surface area contributed by atoms with Crippen molar-refractivity contribution in [3.05, 3.63) is 28.2 Å². The van der Waals surface area contributed by atoms with Crippen molar-refractivity contribution < 1.29 is 14.3 Å². The van der Waals surface area contributed by atoms with E-state index < -0.39 is 22.4 Å². The van der Waals surface area contributed by atoms with E-state index in [2.05, 4.69) is 21.2 Å². The Bertz CT molecular complexity index is 566. The van der Waals surface area contributed by atoms with Crippen LogP contribution in [0.25, 0.3) is 0 Å². The maximum Gasteiger partial charge on any atom is 0.349 e. The molecule has 1 aromatic carbocycles. The van der Waals surface area contributed by atoms with Gasteiger partial charge in [0.25, 0.3) is 5.91 Å². The number of hydrogen-bond acceptors (Lipinski definition) is 3. The zero-order valence-electron chi connectivity index (χ0n) is 12.0. The minimum Gasteiger partial charge on any atom is -0.462 e. The molecule has 0 heterocycles. The molecule has 0 spiro atoms. The van der Waals surface area contributed by atoms with E-state index in [0.29, 0.717) is 5.69 Å². The first kappa shape index (κ1) is 16.9. The van der Waals surface area contributed by atoms with Gasteiger partial charge in [0.05, 0.1) is 6.61 Å². The van der Waals surface area contributed by atoms with E-state index in [1.54, 1.807) is 13.0 Å². The van der Waals surface area contributed by atoms with E-state index in [4.69, 9.17) is 4.74 Å². The Labute approximate surface area is 129 Å². The van der Waals surface area contributed by atoms with Crippen LogP contribution in [0.3, 0.4) is 0 Å². The van der Waals surface area contributed by atoms with Crippen LogP contribution >= 0.6 is 26.4 Å². The fourth-order valence-electron chi connectivity index (χ4n) is 1.59. The second-order valence-electron chi connectivity index (χ2n) is 4.28. The first-order valence-electron chi connectivity index (χ1n) is 6.06. The van der Waals surface area contributed by atoms with E-state index >= 15 is 0 Å². The Balaban J connectivity index is 2.98. The quantitative estimate of drug-likeness (QED) is 0.510. The van der Waals surface area contributed by atoms with Crippen LogP contribution in [0.1, 0.15) is 12.5 Å². The molecule has 0 atom stereocenters. The fraction of sp³-hybridized carbons (Fsp3) is 0.357. The largest absolute Gasteiger partial charge is 0.462 e. The smallest absolute Gasteiger partial charge is 0.349 e. The zero-order chi connectivity index (χ0) is 15.3. The van der Waals surface area contributed by atoms with Gasteiger partial charge >= 0.3 is 5.97 Å². The van der Waals surface area contributed by atoms with E-state index in [1.807, 2.05) is 31.6 Å². The summed E-state index contributed by atoms with van der Waals surface area (Å²) in [6.07, 6.45) is 3.64. The van der Waals surface area contributed by atoms with Crippen LogP contribution < -0.4 is 5.32 Å². The Morgan fingerprint density at radius 3 is 2.50 bits per heavy atom. The maximum atomic E-state index is 12.3. The second kappa shape index (κ2) is 7.59. The molecule has 110 valence electrons. The topological polar surface area (TPSA) is 55.4 Å². The lowest BCUT2D eigenvalue weighted by atomic mass is 10.2. The summed E-state index contributed by atoms with van der Waals surface area (Å²) in [5.41, 5.74) is 1.61. The number of esters is 1. The van der Waals surface area contributed by atoms with Gasteiger partial charge in [-0.3, -0.25) is 4.79 Å². The van der Waals surface area contributed by atoms with Crippen LogP contribution in [0.5, 0.6) is 0 Å². The van der Waals surface area contributed by atoms with Crippen molar-refractivity contribution in [2.45, 2.75) is 13.8 Å². The van der Waals surface area contributed by atoms with Crippen LogP contribution in [0, 0.1) is 6.92 Å². The normalized spacial score (nSPS) is 10.3. The average molecular weight is 360 g/mol. The number of aryl methyl sites for hydroxylation is 1. The number of rotatable bonds is 4. The van der Waals surface area contributed by atoms with Gasteiger partial charge in [0.2, 0.25) is 0 Å². The molecule has 0 aromatic heterocycles. The molecule has 1 amide bonds. The number of carbonyl (C=O) groups is 2. The van der Waals surface area contributed by atoms with Gasteiger partial charge in [0.15, 0.2) is 0 Å². The minimum atomic E-state index is -0.548. The third-order valence-corrected chi connectivity index (χ3v) is 4.17. The van der Waals surface area contributed by atoms with Gasteiger partial charge < -0.3 is 10.1 Å². The van der Waals surface area contributed by atoms with Crippen molar-refractivity contribution in [1.29, 1.82) is 0 Å². The highest BCUT2D eigenvalue weighted by molar-refractivity contribution is 9.10. The predicted octanol–water partition coefficient (Wildman–Crippen LogP) is 2.96. The standard InChI is InChI=1S/C14H18BrNO3S/c1-5-19-14(18)12(20(3)4)13(17)16-11-7-6-10(15)8-9(11)2/h6-8H,5H2,1-4H3,(H,16,17). The molecule has 0 fully saturated rings. The molecule has 0 unspecified atom stereocenters. The van der Waals surface area contributed by atoms with Crippen molar-refractivity contribution in [3.8, 4) is 0 Å². The van der Waals surface area contributed by atoms with Crippen molar-refractivity contribution >= 4 is 48.8 Å². The van der Waals surface area contributed by atoms with Gasteiger partial charge in [0, 0.05) is 10.2 Å². The number of anilines is 1. The van der Waals surface area contributed by atoms with Gasteiger partial charge in [0.1, 0.15) is 4.86 Å². The molecule has 1 aromatic rings. The summed E-state index contributed by atoms with van der Waals surface area (Å²) in [5.74, 6) is -0.949. The lowest BCUT2D eigenvalue weighted by molar-refractivity contribution is -0.135. The monoisotopic (exact) mass is 359 g/mol. The number of ether oxygens (including phenoxy) is 1. The fourth-order valence-corrected chi connectivity index (χ4v) is 2.88. The third kappa shape index (κ3) is 4.45. The van der Waals surface area contributed by atoms with Crippen LogP contribution in [0.2, 0.25) is 0 Å². The van der Waals surface area contributed by atoms with Crippen molar-refractivity contribution in [1.82, 2.24) is 0 Å². The molecule has 0 saturated heterocycles. The summed E-state index contributed by atoms with van der Waals surface area (Å²) >= 11 is 3.37. The summed E-state index contributed by atoms with van der Waals surface area (Å²) in [6.45, 7) is 3.86. The predicted molar refractivity (Wildman–Crippen MR) is 88.6 cm³/mol. The summed E-state index contributed by atoms with van der Waals surface area (Å²) in [7, 11) is -0.479. The molecule has 0 radical (unpaired) electrons. The molecule has 0 saturated carbocycles. The van der Waals surface area contributed by atoms with Gasteiger partial charge in [-0.2, -0.15) is 10.5 Å². The van der Waals surface area contributed by atoms with Crippen molar-refractivity contribution in [2.24, 2.45) is 0 Å². The van der Waals surface area contributed by atoms with Gasteiger partial charge in [-0.25, -0.2) is 4.79 Å². The first-order valence-corrected chi connectivity index (χ1v) is 8.89. The molecule has 0 aliphatic heterocycles. The van der Waals surface area contributed by atoms with Crippen molar-refractivity contribution in [2.75, 3.05) is 24.4 Å². The molecule has 4 nitrogen and oxygen atoms in total. The molecule has 1 rings (SSSR count). The number of hydrogen-bond donors (Lipinski definition) is 1. The van der Waals surface area contributed by atoms with E-state index in [0.717, 1.165) is 10.0 Å². The van der Waals surface area contributed by atoms with E-state index in [9.17, 15) is 9.59 Å². The van der Waals surface area contributed by atoms with E-state index in [-0.39, 0.29) is 11.5 Å².